The van der Waals surface area contributed by atoms with Crippen molar-refractivity contribution in [2.24, 2.45) is 0 Å². The van der Waals surface area contributed by atoms with Gasteiger partial charge in [-0.3, -0.25) is 4.79 Å². The zero-order valence-electron chi connectivity index (χ0n) is 16.4. The van der Waals surface area contributed by atoms with Crippen LogP contribution in [0.1, 0.15) is 27.0 Å². The Kier molecular flexibility index (Phi) is 7.12. The second-order valence-electron chi connectivity index (χ2n) is 5.83. The summed E-state index contributed by atoms with van der Waals surface area (Å²) in [6.07, 6.45) is 3.55. The van der Waals surface area contributed by atoms with Crippen molar-refractivity contribution in [3.8, 4) is 17.2 Å². The van der Waals surface area contributed by atoms with Crippen LogP contribution in [0.3, 0.4) is 0 Å². The Balaban J connectivity index is 2.57. The van der Waals surface area contributed by atoms with Crippen molar-refractivity contribution < 1.29 is 28.9 Å². The molecule has 1 N–H and O–H groups in total. The molecule has 2 aromatic rings. The smallest absolute Gasteiger partial charge is 0.496 e. The molecule has 0 aliphatic rings. The highest BCUT2D eigenvalue weighted by atomic mass is 32.2. The summed E-state index contributed by atoms with van der Waals surface area (Å²) in [6, 6.07) is 7.35. The van der Waals surface area contributed by atoms with Gasteiger partial charge in [0.15, 0.2) is 5.78 Å². The molecule has 0 spiro atoms. The first-order chi connectivity index (χ1) is 13.3. The summed E-state index contributed by atoms with van der Waals surface area (Å²) in [5.41, 5.74) is 2.14. The van der Waals surface area contributed by atoms with Gasteiger partial charge in [0.2, 0.25) is 0 Å². The van der Waals surface area contributed by atoms with E-state index in [1.807, 2.05) is 24.5 Å². The van der Waals surface area contributed by atoms with Gasteiger partial charge >= 0.3 is 6.16 Å². The lowest BCUT2D eigenvalue weighted by Gasteiger charge is -2.19. The highest BCUT2D eigenvalue weighted by molar-refractivity contribution is 7.98. The standard InChI is InChI=1S/C21H22O6S/c1-12-18(27-21(23)24)13(2)20(26-4)15(19(12)25-3)10-11-16(22)14-8-6-7-9-17(14)28-5/h6-11H,1-5H3,(H,23,24). The zero-order valence-corrected chi connectivity index (χ0v) is 17.2. The number of thioether (sulfide) groups is 1. The van der Waals surface area contributed by atoms with Gasteiger partial charge in [0.1, 0.15) is 17.2 Å². The van der Waals surface area contributed by atoms with Crippen molar-refractivity contribution in [2.45, 2.75) is 18.7 Å². The van der Waals surface area contributed by atoms with E-state index in [9.17, 15) is 9.59 Å². The molecule has 0 fully saturated rings. The van der Waals surface area contributed by atoms with Gasteiger partial charge in [-0.1, -0.05) is 12.1 Å². The minimum atomic E-state index is -1.43. The van der Waals surface area contributed by atoms with Gasteiger partial charge in [-0.05, 0) is 44.4 Å². The fourth-order valence-electron chi connectivity index (χ4n) is 3.01. The summed E-state index contributed by atoms with van der Waals surface area (Å²) in [6.45, 7) is 3.37. The lowest BCUT2D eigenvalue weighted by Crippen LogP contribution is -2.09. The quantitative estimate of drug-likeness (QED) is 0.229. The SMILES string of the molecule is COc1c(C)c(OC(=O)O)c(C)c(OC)c1C=CC(=O)c1ccccc1SC. The number of rotatable bonds is 7. The Hall–Kier alpha value is -2.93. The molecule has 0 saturated carbocycles. The van der Waals surface area contributed by atoms with Crippen LogP contribution in [-0.2, 0) is 0 Å². The molecular weight excluding hydrogens is 380 g/mol. The van der Waals surface area contributed by atoms with Crippen LogP contribution in [0.2, 0.25) is 0 Å². The van der Waals surface area contributed by atoms with Crippen molar-refractivity contribution in [3.05, 3.63) is 52.6 Å². The summed E-state index contributed by atoms with van der Waals surface area (Å²) in [4.78, 5) is 24.6. The molecule has 0 aromatic heterocycles. The van der Waals surface area contributed by atoms with Crippen LogP contribution in [0.5, 0.6) is 17.2 Å². The van der Waals surface area contributed by atoms with Gasteiger partial charge in [-0.25, -0.2) is 4.79 Å². The fraction of sp³-hybridized carbons (Fsp3) is 0.238. The molecular formula is C21H22O6S. The normalized spacial score (nSPS) is 10.8. The summed E-state index contributed by atoms with van der Waals surface area (Å²) < 4.78 is 15.8. The van der Waals surface area contributed by atoms with Crippen LogP contribution < -0.4 is 14.2 Å². The third-order valence-electron chi connectivity index (χ3n) is 4.22. The molecule has 0 bridgehead atoms. The first-order valence-electron chi connectivity index (χ1n) is 8.37. The largest absolute Gasteiger partial charge is 0.511 e. The van der Waals surface area contributed by atoms with E-state index in [-0.39, 0.29) is 11.5 Å². The fourth-order valence-corrected chi connectivity index (χ4v) is 3.61. The number of benzene rings is 2. The number of allylic oxidation sites excluding steroid dienone is 1. The van der Waals surface area contributed by atoms with Gasteiger partial charge < -0.3 is 19.3 Å². The minimum Gasteiger partial charge on any atom is -0.496 e. The van der Waals surface area contributed by atoms with Gasteiger partial charge in [0.25, 0.3) is 0 Å². The lowest BCUT2D eigenvalue weighted by atomic mass is 10.0. The second-order valence-corrected chi connectivity index (χ2v) is 6.67. The van der Waals surface area contributed by atoms with Crippen LogP contribution in [0.4, 0.5) is 4.79 Å². The average molecular weight is 402 g/mol. The Morgan fingerprint density at radius 2 is 1.57 bits per heavy atom. The number of carbonyl (C=O) groups excluding carboxylic acids is 1. The number of carboxylic acid groups (broad SMARTS) is 1. The van der Waals surface area contributed by atoms with Crippen molar-refractivity contribution in [1.82, 2.24) is 0 Å². The van der Waals surface area contributed by atoms with Gasteiger partial charge in [0.05, 0.1) is 19.8 Å². The first kappa shape index (κ1) is 21.4. The van der Waals surface area contributed by atoms with Crippen molar-refractivity contribution in [2.75, 3.05) is 20.5 Å². The molecule has 0 radical (unpaired) electrons. The third-order valence-corrected chi connectivity index (χ3v) is 5.02. The molecule has 0 aliphatic carbocycles. The van der Waals surface area contributed by atoms with Gasteiger partial charge in [-0.2, -0.15) is 0 Å². The molecule has 0 unspecified atom stereocenters. The number of hydrogen-bond acceptors (Lipinski definition) is 6. The molecule has 28 heavy (non-hydrogen) atoms. The van der Waals surface area contributed by atoms with E-state index in [1.165, 1.54) is 32.1 Å². The van der Waals surface area contributed by atoms with E-state index in [0.29, 0.717) is 33.8 Å². The summed E-state index contributed by atoms with van der Waals surface area (Å²) in [5, 5.41) is 9.00. The minimum absolute atomic E-state index is 0.150. The molecule has 0 amide bonds. The van der Waals surface area contributed by atoms with Crippen molar-refractivity contribution in [1.29, 1.82) is 0 Å². The number of ketones is 1. The van der Waals surface area contributed by atoms with E-state index in [1.54, 1.807) is 26.0 Å². The van der Waals surface area contributed by atoms with E-state index in [2.05, 4.69) is 0 Å². The molecule has 148 valence electrons. The molecule has 2 aromatic carbocycles. The van der Waals surface area contributed by atoms with E-state index in [4.69, 9.17) is 19.3 Å². The number of carbonyl (C=O) groups is 2. The summed E-state index contributed by atoms with van der Waals surface area (Å²) in [7, 11) is 2.92. The Morgan fingerprint density at radius 1 is 1.00 bits per heavy atom. The Morgan fingerprint density at radius 3 is 2.07 bits per heavy atom. The van der Waals surface area contributed by atoms with E-state index < -0.39 is 6.16 Å². The van der Waals surface area contributed by atoms with Crippen LogP contribution in [0, 0.1) is 13.8 Å². The molecule has 0 heterocycles. The Labute approximate surface area is 168 Å². The maximum atomic E-state index is 12.7. The molecule has 7 heteroatoms. The molecule has 2 rings (SSSR count). The second kappa shape index (κ2) is 9.32. The number of methoxy groups -OCH3 is 2. The molecule has 0 atom stereocenters. The maximum absolute atomic E-state index is 12.7. The molecule has 6 nitrogen and oxygen atoms in total. The average Bonchev–Trinajstić information content (AvgIpc) is 2.69. The first-order valence-corrected chi connectivity index (χ1v) is 9.59. The number of ether oxygens (including phenoxy) is 3. The summed E-state index contributed by atoms with van der Waals surface area (Å²) >= 11 is 1.50. The van der Waals surface area contributed by atoms with Crippen LogP contribution in [-0.4, -0.2) is 37.5 Å². The van der Waals surface area contributed by atoms with E-state index >= 15 is 0 Å². The predicted octanol–water partition coefficient (Wildman–Crippen LogP) is 5.00. The predicted molar refractivity (Wildman–Crippen MR) is 109 cm³/mol. The highest BCUT2D eigenvalue weighted by Gasteiger charge is 2.23. The van der Waals surface area contributed by atoms with Crippen molar-refractivity contribution in [3.63, 3.8) is 0 Å². The zero-order chi connectivity index (χ0) is 20.8. The highest BCUT2D eigenvalue weighted by Crippen LogP contribution is 2.43. The van der Waals surface area contributed by atoms with Gasteiger partial charge in [-0.15, -0.1) is 11.8 Å². The maximum Gasteiger partial charge on any atom is 0.511 e. The van der Waals surface area contributed by atoms with E-state index in [0.717, 1.165) is 4.90 Å². The molecule has 0 saturated heterocycles. The third kappa shape index (κ3) is 4.31. The Bertz CT molecular complexity index is 902. The van der Waals surface area contributed by atoms with Gasteiger partial charge in [0, 0.05) is 21.6 Å². The number of hydrogen-bond donors (Lipinski definition) is 1. The van der Waals surface area contributed by atoms with Crippen LogP contribution in [0.15, 0.2) is 35.2 Å². The van der Waals surface area contributed by atoms with Crippen molar-refractivity contribution >= 4 is 29.8 Å². The van der Waals surface area contributed by atoms with Crippen LogP contribution in [0.25, 0.3) is 6.08 Å². The molecule has 0 aliphatic heterocycles. The van der Waals surface area contributed by atoms with Crippen LogP contribution >= 0.6 is 11.8 Å². The monoisotopic (exact) mass is 402 g/mol. The topological polar surface area (TPSA) is 82.1 Å². The summed E-state index contributed by atoms with van der Waals surface area (Å²) in [5.74, 6) is 0.745. The lowest BCUT2D eigenvalue weighted by molar-refractivity contribution is 0.104.